The van der Waals surface area contributed by atoms with Crippen LogP contribution in [0.3, 0.4) is 0 Å². The molecule has 0 saturated carbocycles. The lowest BCUT2D eigenvalue weighted by Gasteiger charge is -2.07. The van der Waals surface area contributed by atoms with Crippen LogP contribution in [0.25, 0.3) is 0 Å². The lowest BCUT2D eigenvalue weighted by atomic mass is 10.2. The van der Waals surface area contributed by atoms with E-state index in [0.717, 1.165) is 11.3 Å². The maximum absolute atomic E-state index is 11.8. The minimum Gasteiger partial charge on any atom is -0.508 e. The van der Waals surface area contributed by atoms with E-state index in [4.69, 9.17) is 5.11 Å². The Kier molecular flexibility index (Phi) is 5.68. The summed E-state index contributed by atoms with van der Waals surface area (Å²) in [5, 5.41) is 14.6. The molecule has 6 heteroatoms. The molecule has 0 unspecified atom stereocenters. The second-order valence-corrected chi connectivity index (χ2v) is 5.14. The highest BCUT2D eigenvalue weighted by molar-refractivity contribution is 5.94. The molecule has 0 aliphatic carbocycles. The molecule has 0 aliphatic rings. The summed E-state index contributed by atoms with van der Waals surface area (Å²) in [5.41, 5.74) is 2.21. The summed E-state index contributed by atoms with van der Waals surface area (Å²) in [6.45, 7) is 2.57. The van der Waals surface area contributed by atoms with Crippen molar-refractivity contribution in [3.05, 3.63) is 59.4 Å². The number of hydrogen-bond donors (Lipinski definition) is 3. The Labute approximate surface area is 134 Å². The predicted molar refractivity (Wildman–Crippen MR) is 86.1 cm³/mol. The number of pyridine rings is 1. The molecule has 1 aromatic carbocycles. The molecule has 6 nitrogen and oxygen atoms in total. The van der Waals surface area contributed by atoms with Crippen LogP contribution in [0.2, 0.25) is 0 Å². The van der Waals surface area contributed by atoms with E-state index in [1.165, 1.54) is 24.3 Å². The molecule has 1 aromatic heterocycles. The molecule has 3 N–H and O–H groups in total. The van der Waals surface area contributed by atoms with Gasteiger partial charge in [0.2, 0.25) is 5.91 Å². The second kappa shape index (κ2) is 7.93. The third-order valence-electron chi connectivity index (χ3n) is 3.20. The number of nitrogens with zero attached hydrogens (tertiary/aromatic N) is 1. The van der Waals surface area contributed by atoms with Gasteiger partial charge in [-0.05, 0) is 42.8 Å². The van der Waals surface area contributed by atoms with Gasteiger partial charge < -0.3 is 15.7 Å². The monoisotopic (exact) mass is 313 g/mol. The minimum absolute atomic E-state index is 0.111. The SMILES string of the molecule is Cc1ccc(CC(=O)NCCNC(=O)c2ccc(O)cc2)cn1. The van der Waals surface area contributed by atoms with Crippen molar-refractivity contribution in [1.82, 2.24) is 15.6 Å². The fourth-order valence-electron chi connectivity index (χ4n) is 1.94. The Hall–Kier alpha value is -2.89. The number of carbonyl (C=O) groups is 2. The summed E-state index contributed by atoms with van der Waals surface area (Å²) in [7, 11) is 0. The minimum atomic E-state index is -0.248. The van der Waals surface area contributed by atoms with Gasteiger partial charge in [-0.15, -0.1) is 0 Å². The quantitative estimate of drug-likeness (QED) is 0.699. The molecule has 120 valence electrons. The lowest BCUT2D eigenvalue weighted by molar-refractivity contribution is -0.120. The van der Waals surface area contributed by atoms with Gasteiger partial charge in [0.15, 0.2) is 0 Å². The van der Waals surface area contributed by atoms with Gasteiger partial charge in [0, 0.05) is 30.5 Å². The van der Waals surface area contributed by atoms with E-state index >= 15 is 0 Å². The zero-order valence-corrected chi connectivity index (χ0v) is 12.9. The number of phenols is 1. The van der Waals surface area contributed by atoms with Gasteiger partial charge in [-0.25, -0.2) is 0 Å². The Morgan fingerprint density at radius 2 is 1.74 bits per heavy atom. The first-order chi connectivity index (χ1) is 11.0. The first-order valence-electron chi connectivity index (χ1n) is 7.30. The first-order valence-corrected chi connectivity index (χ1v) is 7.30. The lowest BCUT2D eigenvalue weighted by Crippen LogP contribution is -2.35. The number of benzene rings is 1. The van der Waals surface area contributed by atoms with Crippen LogP contribution >= 0.6 is 0 Å². The molecule has 1 heterocycles. The van der Waals surface area contributed by atoms with Crippen molar-refractivity contribution in [2.24, 2.45) is 0 Å². The number of phenolic OH excluding ortho intramolecular Hbond substituents is 1. The summed E-state index contributed by atoms with van der Waals surface area (Å²) in [4.78, 5) is 27.7. The average molecular weight is 313 g/mol. The number of aromatic nitrogens is 1. The largest absolute Gasteiger partial charge is 0.508 e. The standard InChI is InChI=1S/C17H19N3O3/c1-12-2-3-13(11-20-12)10-16(22)18-8-9-19-17(23)14-4-6-15(21)7-5-14/h2-7,11,21H,8-10H2,1H3,(H,18,22)(H,19,23). The maximum atomic E-state index is 11.8. The number of amides is 2. The molecule has 0 radical (unpaired) electrons. The van der Waals surface area contributed by atoms with E-state index in [0.29, 0.717) is 18.7 Å². The van der Waals surface area contributed by atoms with Gasteiger partial charge >= 0.3 is 0 Å². The van der Waals surface area contributed by atoms with Gasteiger partial charge in [0.25, 0.3) is 5.91 Å². The van der Waals surface area contributed by atoms with Crippen LogP contribution < -0.4 is 10.6 Å². The van der Waals surface area contributed by atoms with Crippen LogP contribution in [0.5, 0.6) is 5.75 Å². The van der Waals surface area contributed by atoms with Crippen LogP contribution in [-0.2, 0) is 11.2 Å². The Balaban J connectivity index is 1.68. The van der Waals surface area contributed by atoms with Crippen molar-refractivity contribution in [3.63, 3.8) is 0 Å². The molecule has 0 fully saturated rings. The van der Waals surface area contributed by atoms with Crippen molar-refractivity contribution in [2.75, 3.05) is 13.1 Å². The second-order valence-electron chi connectivity index (χ2n) is 5.14. The Bertz CT molecular complexity index is 666. The normalized spacial score (nSPS) is 10.1. The fourth-order valence-corrected chi connectivity index (χ4v) is 1.94. The number of rotatable bonds is 6. The predicted octanol–water partition coefficient (Wildman–Crippen LogP) is 1.18. The highest BCUT2D eigenvalue weighted by atomic mass is 16.3. The zero-order valence-electron chi connectivity index (χ0n) is 12.9. The van der Waals surface area contributed by atoms with Crippen LogP contribution in [0.4, 0.5) is 0 Å². The van der Waals surface area contributed by atoms with Crippen molar-refractivity contribution >= 4 is 11.8 Å². The highest BCUT2D eigenvalue weighted by Gasteiger charge is 2.06. The van der Waals surface area contributed by atoms with Gasteiger partial charge in [-0.1, -0.05) is 6.07 Å². The van der Waals surface area contributed by atoms with Crippen LogP contribution in [-0.4, -0.2) is 35.0 Å². The van der Waals surface area contributed by atoms with Crippen LogP contribution in [0, 0.1) is 6.92 Å². The van der Waals surface area contributed by atoms with E-state index < -0.39 is 0 Å². The summed E-state index contributed by atoms with van der Waals surface area (Å²) < 4.78 is 0. The van der Waals surface area contributed by atoms with Crippen LogP contribution in [0.15, 0.2) is 42.6 Å². The molecule has 2 aromatic rings. The third kappa shape index (κ3) is 5.43. The van der Waals surface area contributed by atoms with Gasteiger partial charge in [0.05, 0.1) is 6.42 Å². The highest BCUT2D eigenvalue weighted by Crippen LogP contribution is 2.09. The molecular formula is C17H19N3O3. The fraction of sp³-hybridized carbons (Fsp3) is 0.235. The van der Waals surface area contributed by atoms with E-state index in [-0.39, 0.29) is 24.0 Å². The summed E-state index contributed by atoms with van der Waals surface area (Å²) in [6, 6.07) is 9.70. The summed E-state index contributed by atoms with van der Waals surface area (Å²) in [6.07, 6.45) is 1.95. The van der Waals surface area contributed by atoms with E-state index in [2.05, 4.69) is 15.6 Å². The van der Waals surface area contributed by atoms with Gasteiger partial charge in [0.1, 0.15) is 5.75 Å². The van der Waals surface area contributed by atoms with Crippen molar-refractivity contribution < 1.29 is 14.7 Å². The number of nitrogens with one attached hydrogen (secondary N) is 2. The van der Waals surface area contributed by atoms with Crippen molar-refractivity contribution in [1.29, 1.82) is 0 Å². The number of hydrogen-bond acceptors (Lipinski definition) is 4. The molecule has 0 aliphatic heterocycles. The third-order valence-corrected chi connectivity index (χ3v) is 3.20. The maximum Gasteiger partial charge on any atom is 0.251 e. The van der Waals surface area contributed by atoms with Gasteiger partial charge in [-0.3, -0.25) is 14.6 Å². The summed E-state index contributed by atoms with van der Waals surface area (Å²) >= 11 is 0. The smallest absolute Gasteiger partial charge is 0.251 e. The van der Waals surface area contributed by atoms with E-state index in [9.17, 15) is 9.59 Å². The molecular weight excluding hydrogens is 294 g/mol. The van der Waals surface area contributed by atoms with Crippen molar-refractivity contribution in [3.8, 4) is 5.75 Å². The molecule has 2 amide bonds. The number of aromatic hydroxyl groups is 1. The van der Waals surface area contributed by atoms with Gasteiger partial charge in [-0.2, -0.15) is 0 Å². The number of carbonyl (C=O) groups excluding carboxylic acids is 2. The van der Waals surface area contributed by atoms with Crippen molar-refractivity contribution in [2.45, 2.75) is 13.3 Å². The average Bonchev–Trinajstić information content (AvgIpc) is 2.54. The molecule has 23 heavy (non-hydrogen) atoms. The van der Waals surface area contributed by atoms with E-state index in [1.807, 2.05) is 19.1 Å². The van der Waals surface area contributed by atoms with E-state index in [1.54, 1.807) is 6.20 Å². The first kappa shape index (κ1) is 16.5. The topological polar surface area (TPSA) is 91.3 Å². The zero-order chi connectivity index (χ0) is 16.7. The number of aryl methyl sites for hydroxylation is 1. The summed E-state index contributed by atoms with van der Waals surface area (Å²) in [5.74, 6) is -0.254. The Morgan fingerprint density at radius 1 is 1.04 bits per heavy atom. The molecule has 0 saturated heterocycles. The van der Waals surface area contributed by atoms with Crippen LogP contribution in [0.1, 0.15) is 21.6 Å². The molecule has 0 bridgehead atoms. The molecule has 0 atom stereocenters. The molecule has 2 rings (SSSR count). The Morgan fingerprint density at radius 3 is 2.39 bits per heavy atom. The molecule has 0 spiro atoms.